The molecule has 3 aromatic rings. The number of esters is 1. The SMILES string of the molecule is CC(C)Oc1ccc(C(=O)O[C@H](CC=O)Cc2ccc(-c3cn(C)c(C(C)(C)C)n3)cc2)cc1Cl. The van der Waals surface area contributed by atoms with Crippen molar-refractivity contribution < 1.29 is 19.1 Å². The van der Waals surface area contributed by atoms with Gasteiger partial charge in [0.15, 0.2) is 0 Å². The molecule has 0 fully saturated rings. The molecule has 1 atom stereocenters. The molecule has 0 unspecified atom stereocenters. The lowest BCUT2D eigenvalue weighted by atomic mass is 9.96. The minimum atomic E-state index is -0.585. The van der Waals surface area contributed by atoms with Crippen molar-refractivity contribution in [2.45, 2.75) is 65.1 Å². The third-order valence-corrected chi connectivity index (χ3v) is 5.72. The number of carbonyl (C=O) groups is 2. The van der Waals surface area contributed by atoms with Crippen LogP contribution >= 0.6 is 11.6 Å². The van der Waals surface area contributed by atoms with Crippen molar-refractivity contribution in [3.63, 3.8) is 0 Å². The van der Waals surface area contributed by atoms with Gasteiger partial charge in [-0.05, 0) is 37.6 Å². The summed E-state index contributed by atoms with van der Waals surface area (Å²) >= 11 is 6.25. The maximum absolute atomic E-state index is 12.7. The van der Waals surface area contributed by atoms with Crippen molar-refractivity contribution >= 4 is 23.9 Å². The van der Waals surface area contributed by atoms with E-state index in [4.69, 9.17) is 26.1 Å². The molecular weight excluding hydrogens is 464 g/mol. The van der Waals surface area contributed by atoms with Crippen LogP contribution in [0.5, 0.6) is 5.75 Å². The summed E-state index contributed by atoms with van der Waals surface area (Å²) in [6.45, 7) is 10.2. The van der Waals surface area contributed by atoms with Crippen LogP contribution in [-0.4, -0.2) is 34.0 Å². The van der Waals surface area contributed by atoms with E-state index in [1.54, 1.807) is 12.1 Å². The molecule has 6 nitrogen and oxygen atoms in total. The zero-order valence-electron chi connectivity index (χ0n) is 21.2. The quantitative estimate of drug-likeness (QED) is 0.261. The Morgan fingerprint density at radius 2 is 1.83 bits per heavy atom. The van der Waals surface area contributed by atoms with Crippen molar-refractivity contribution in [1.29, 1.82) is 0 Å². The van der Waals surface area contributed by atoms with Gasteiger partial charge in [0, 0.05) is 37.1 Å². The van der Waals surface area contributed by atoms with Crippen molar-refractivity contribution in [3.05, 3.63) is 70.6 Å². The van der Waals surface area contributed by atoms with Gasteiger partial charge in [0.05, 0.1) is 22.4 Å². The third kappa shape index (κ3) is 6.95. The third-order valence-electron chi connectivity index (χ3n) is 5.42. The van der Waals surface area contributed by atoms with Crippen LogP contribution in [0.3, 0.4) is 0 Å². The average molecular weight is 497 g/mol. The van der Waals surface area contributed by atoms with E-state index in [0.29, 0.717) is 22.8 Å². The van der Waals surface area contributed by atoms with E-state index in [2.05, 4.69) is 25.3 Å². The fourth-order valence-electron chi connectivity index (χ4n) is 3.85. The smallest absolute Gasteiger partial charge is 0.338 e. The zero-order valence-corrected chi connectivity index (χ0v) is 21.9. The number of aldehydes is 1. The Kier molecular flexibility index (Phi) is 8.39. The molecule has 186 valence electrons. The summed E-state index contributed by atoms with van der Waals surface area (Å²) < 4.78 is 13.3. The number of hydrogen-bond acceptors (Lipinski definition) is 5. The van der Waals surface area contributed by atoms with E-state index in [1.807, 2.05) is 51.4 Å². The zero-order chi connectivity index (χ0) is 25.8. The van der Waals surface area contributed by atoms with Crippen LogP contribution < -0.4 is 4.74 Å². The fraction of sp³-hybridized carbons (Fsp3) is 0.393. The highest BCUT2D eigenvalue weighted by Crippen LogP contribution is 2.28. The number of nitrogens with zero attached hydrogens (tertiary/aromatic N) is 2. The van der Waals surface area contributed by atoms with E-state index in [1.165, 1.54) is 6.07 Å². The molecule has 0 amide bonds. The first kappa shape index (κ1) is 26.5. The Bertz CT molecular complexity index is 1180. The summed E-state index contributed by atoms with van der Waals surface area (Å²) in [6, 6.07) is 12.7. The Morgan fingerprint density at radius 3 is 2.37 bits per heavy atom. The summed E-state index contributed by atoms with van der Waals surface area (Å²) in [5.74, 6) is 0.985. The number of rotatable bonds is 9. The van der Waals surface area contributed by atoms with Gasteiger partial charge in [-0.1, -0.05) is 56.6 Å². The summed E-state index contributed by atoms with van der Waals surface area (Å²) in [5.41, 5.74) is 3.12. The molecule has 0 radical (unpaired) electrons. The van der Waals surface area contributed by atoms with E-state index in [0.717, 1.165) is 28.9 Å². The molecule has 0 aliphatic heterocycles. The van der Waals surface area contributed by atoms with Crippen LogP contribution in [0.15, 0.2) is 48.7 Å². The summed E-state index contributed by atoms with van der Waals surface area (Å²) in [4.78, 5) is 28.8. The molecule has 7 heteroatoms. The molecule has 2 aromatic carbocycles. The van der Waals surface area contributed by atoms with E-state index < -0.39 is 12.1 Å². The Morgan fingerprint density at radius 1 is 1.14 bits per heavy atom. The van der Waals surface area contributed by atoms with Crippen LogP contribution in [0.25, 0.3) is 11.3 Å². The second kappa shape index (κ2) is 11.1. The molecule has 1 heterocycles. The van der Waals surface area contributed by atoms with Gasteiger partial charge in [-0.3, -0.25) is 0 Å². The van der Waals surface area contributed by atoms with Crippen LogP contribution in [0.2, 0.25) is 5.02 Å². The summed E-state index contributed by atoms with van der Waals surface area (Å²) in [6.07, 6.45) is 2.69. The molecule has 0 spiro atoms. The van der Waals surface area contributed by atoms with Crippen molar-refractivity contribution in [3.8, 4) is 17.0 Å². The number of benzene rings is 2. The second-order valence-electron chi connectivity index (χ2n) is 9.95. The molecule has 35 heavy (non-hydrogen) atoms. The van der Waals surface area contributed by atoms with Gasteiger partial charge < -0.3 is 18.8 Å². The minimum Gasteiger partial charge on any atom is -0.489 e. The highest BCUT2D eigenvalue weighted by Gasteiger charge is 2.21. The van der Waals surface area contributed by atoms with Gasteiger partial charge in [0.2, 0.25) is 0 Å². The largest absolute Gasteiger partial charge is 0.489 e. The number of carbonyl (C=O) groups excluding carboxylic acids is 2. The number of hydrogen-bond donors (Lipinski definition) is 0. The average Bonchev–Trinajstić information content (AvgIpc) is 3.17. The van der Waals surface area contributed by atoms with Crippen molar-refractivity contribution in [1.82, 2.24) is 9.55 Å². The predicted octanol–water partition coefficient (Wildman–Crippen LogP) is 6.18. The molecule has 0 saturated carbocycles. The fourth-order valence-corrected chi connectivity index (χ4v) is 4.08. The summed E-state index contributed by atoms with van der Waals surface area (Å²) in [7, 11) is 2.00. The molecule has 0 saturated heterocycles. The van der Waals surface area contributed by atoms with E-state index in [9.17, 15) is 9.59 Å². The first-order chi connectivity index (χ1) is 16.5. The van der Waals surface area contributed by atoms with Gasteiger partial charge in [0.1, 0.15) is 24.0 Å². The van der Waals surface area contributed by atoms with Gasteiger partial charge in [-0.25, -0.2) is 9.78 Å². The standard InChI is InChI=1S/C28H33ClN2O4/c1-18(2)34-25-12-11-21(16-23(25)29)26(33)35-22(13-14-32)15-19-7-9-20(10-8-19)24-17-31(6)27(30-24)28(3,4)5/h7-12,14,16-18,22H,13,15H2,1-6H3/t22-/m1/s1. The lowest BCUT2D eigenvalue weighted by molar-refractivity contribution is -0.109. The van der Waals surface area contributed by atoms with Gasteiger partial charge >= 0.3 is 5.97 Å². The molecule has 0 bridgehead atoms. The monoisotopic (exact) mass is 496 g/mol. The van der Waals surface area contributed by atoms with E-state index >= 15 is 0 Å². The van der Waals surface area contributed by atoms with Gasteiger partial charge in [-0.2, -0.15) is 0 Å². The topological polar surface area (TPSA) is 70.4 Å². The lowest BCUT2D eigenvalue weighted by Crippen LogP contribution is -2.21. The predicted molar refractivity (Wildman–Crippen MR) is 138 cm³/mol. The molecular formula is C28H33ClN2O4. The maximum atomic E-state index is 12.7. The highest BCUT2D eigenvalue weighted by atomic mass is 35.5. The van der Waals surface area contributed by atoms with Crippen LogP contribution in [0.4, 0.5) is 0 Å². The van der Waals surface area contributed by atoms with Crippen molar-refractivity contribution in [2.75, 3.05) is 0 Å². The summed E-state index contributed by atoms with van der Waals surface area (Å²) in [5, 5.41) is 0.333. The number of halogens is 1. The van der Waals surface area contributed by atoms with Gasteiger partial charge in [0.25, 0.3) is 0 Å². The minimum absolute atomic E-state index is 0.0353. The number of aryl methyl sites for hydroxylation is 1. The second-order valence-corrected chi connectivity index (χ2v) is 10.4. The van der Waals surface area contributed by atoms with Crippen LogP contribution in [0, 0.1) is 0 Å². The van der Waals surface area contributed by atoms with Crippen molar-refractivity contribution in [2.24, 2.45) is 7.05 Å². The molecule has 1 aromatic heterocycles. The first-order valence-electron chi connectivity index (χ1n) is 11.7. The van der Waals surface area contributed by atoms with E-state index in [-0.39, 0.29) is 17.9 Å². The number of aromatic nitrogens is 2. The maximum Gasteiger partial charge on any atom is 0.338 e. The molecule has 3 rings (SSSR count). The molecule has 0 aliphatic rings. The number of ether oxygens (including phenoxy) is 2. The van der Waals surface area contributed by atoms with Crippen LogP contribution in [0.1, 0.15) is 62.8 Å². The van der Waals surface area contributed by atoms with Crippen LogP contribution in [-0.2, 0) is 28.4 Å². The Hall–Kier alpha value is -3.12. The Balaban J connectivity index is 1.70. The van der Waals surface area contributed by atoms with Gasteiger partial charge in [-0.15, -0.1) is 0 Å². The lowest BCUT2D eigenvalue weighted by Gasteiger charge is -2.17. The number of imidazole rings is 1. The molecule has 0 aliphatic carbocycles. The highest BCUT2D eigenvalue weighted by molar-refractivity contribution is 6.32. The Labute approximate surface area is 212 Å². The molecule has 0 N–H and O–H groups in total. The normalized spacial score (nSPS) is 12.5. The first-order valence-corrected chi connectivity index (χ1v) is 12.1.